The second-order valence-corrected chi connectivity index (χ2v) is 4.13. The number of halogens is 1. The second kappa shape index (κ2) is 4.68. The first-order chi connectivity index (χ1) is 7.70. The predicted octanol–water partition coefficient (Wildman–Crippen LogP) is 2.39. The van der Waals surface area contributed by atoms with E-state index in [1.54, 1.807) is 6.20 Å². The Hall–Kier alpha value is -1.32. The molecule has 0 spiro atoms. The lowest BCUT2D eigenvalue weighted by molar-refractivity contribution is 0.281. The molecule has 0 saturated carbocycles. The molecule has 3 nitrogen and oxygen atoms in total. The molecule has 0 aliphatic carbocycles. The summed E-state index contributed by atoms with van der Waals surface area (Å²) in [6.45, 7) is 2.68. The highest BCUT2D eigenvalue weighted by Crippen LogP contribution is 2.13. The van der Waals surface area contributed by atoms with Crippen LogP contribution in [0.2, 0.25) is 5.02 Å². The van der Waals surface area contributed by atoms with E-state index in [0.717, 1.165) is 21.8 Å². The third-order valence-electron chi connectivity index (χ3n) is 2.62. The van der Waals surface area contributed by atoms with Crippen LogP contribution in [0.3, 0.4) is 0 Å². The van der Waals surface area contributed by atoms with Gasteiger partial charge in [0, 0.05) is 16.3 Å². The van der Waals surface area contributed by atoms with E-state index in [0.29, 0.717) is 6.54 Å². The van der Waals surface area contributed by atoms with Gasteiger partial charge >= 0.3 is 0 Å². The van der Waals surface area contributed by atoms with E-state index in [9.17, 15) is 0 Å². The second-order valence-electron chi connectivity index (χ2n) is 3.70. The Morgan fingerprint density at radius 1 is 1.31 bits per heavy atom. The lowest BCUT2D eigenvalue weighted by Gasteiger charge is -2.05. The van der Waals surface area contributed by atoms with Crippen molar-refractivity contribution >= 4 is 11.6 Å². The molecule has 0 radical (unpaired) electrons. The molecular weight excluding hydrogens is 224 g/mol. The van der Waals surface area contributed by atoms with Gasteiger partial charge in [0.2, 0.25) is 0 Å². The molecule has 0 amide bonds. The van der Waals surface area contributed by atoms with E-state index >= 15 is 0 Å². The van der Waals surface area contributed by atoms with Crippen LogP contribution in [-0.4, -0.2) is 14.9 Å². The monoisotopic (exact) mass is 236 g/mol. The van der Waals surface area contributed by atoms with Gasteiger partial charge in [-0.1, -0.05) is 23.7 Å². The van der Waals surface area contributed by atoms with Gasteiger partial charge in [0.05, 0.1) is 19.3 Å². The molecule has 1 aromatic heterocycles. The Labute approximate surface area is 99.3 Å². The highest BCUT2D eigenvalue weighted by molar-refractivity contribution is 6.30. The van der Waals surface area contributed by atoms with Crippen molar-refractivity contribution in [2.24, 2.45) is 0 Å². The maximum atomic E-state index is 9.06. The lowest BCUT2D eigenvalue weighted by Crippen LogP contribution is -2.04. The van der Waals surface area contributed by atoms with Crippen LogP contribution in [0.15, 0.2) is 30.5 Å². The SMILES string of the molecule is Cc1c(CO)cnn1Cc1ccc(Cl)cc1. The number of nitrogens with zero attached hydrogens (tertiary/aromatic N) is 2. The lowest BCUT2D eigenvalue weighted by atomic mass is 10.2. The largest absolute Gasteiger partial charge is 0.392 e. The summed E-state index contributed by atoms with van der Waals surface area (Å²) in [5.74, 6) is 0. The summed E-state index contributed by atoms with van der Waals surface area (Å²) in [5, 5.41) is 14.0. The minimum Gasteiger partial charge on any atom is -0.392 e. The normalized spacial score (nSPS) is 10.7. The van der Waals surface area contributed by atoms with Crippen LogP contribution >= 0.6 is 11.6 Å². The van der Waals surface area contributed by atoms with Crippen LogP contribution < -0.4 is 0 Å². The molecule has 1 heterocycles. The molecule has 2 rings (SSSR count). The fourth-order valence-corrected chi connectivity index (χ4v) is 1.69. The van der Waals surface area contributed by atoms with Crippen LogP contribution in [0.5, 0.6) is 0 Å². The molecule has 0 bridgehead atoms. The smallest absolute Gasteiger partial charge is 0.0715 e. The molecular formula is C12H13ClN2O. The van der Waals surface area contributed by atoms with Gasteiger partial charge in [-0.15, -0.1) is 0 Å². The van der Waals surface area contributed by atoms with E-state index in [-0.39, 0.29) is 6.61 Å². The number of benzene rings is 1. The summed E-state index contributed by atoms with van der Waals surface area (Å²) in [6, 6.07) is 7.68. The highest BCUT2D eigenvalue weighted by atomic mass is 35.5. The standard InChI is InChI=1S/C12H13ClN2O/c1-9-11(8-16)6-14-15(9)7-10-2-4-12(13)5-3-10/h2-6,16H,7-8H2,1H3. The number of aliphatic hydroxyl groups is 1. The van der Waals surface area contributed by atoms with Gasteiger partial charge in [-0.3, -0.25) is 4.68 Å². The van der Waals surface area contributed by atoms with Crippen LogP contribution in [0, 0.1) is 6.92 Å². The van der Waals surface area contributed by atoms with Gasteiger partial charge in [0.15, 0.2) is 0 Å². The molecule has 4 heteroatoms. The van der Waals surface area contributed by atoms with E-state index in [4.69, 9.17) is 16.7 Å². The summed E-state index contributed by atoms with van der Waals surface area (Å²) in [6.07, 6.45) is 1.70. The maximum absolute atomic E-state index is 9.06. The maximum Gasteiger partial charge on any atom is 0.0715 e. The van der Waals surface area contributed by atoms with Crippen LogP contribution in [-0.2, 0) is 13.2 Å². The van der Waals surface area contributed by atoms with Crippen molar-refractivity contribution in [2.45, 2.75) is 20.1 Å². The van der Waals surface area contributed by atoms with Crippen LogP contribution in [0.1, 0.15) is 16.8 Å². The molecule has 0 aliphatic heterocycles. The molecule has 1 N–H and O–H groups in total. The number of rotatable bonds is 3. The van der Waals surface area contributed by atoms with Crippen molar-refractivity contribution in [2.75, 3.05) is 0 Å². The van der Waals surface area contributed by atoms with Gasteiger partial charge in [0.1, 0.15) is 0 Å². The molecule has 0 saturated heterocycles. The van der Waals surface area contributed by atoms with Gasteiger partial charge < -0.3 is 5.11 Å². The predicted molar refractivity (Wildman–Crippen MR) is 63.4 cm³/mol. The van der Waals surface area contributed by atoms with Gasteiger partial charge in [-0.25, -0.2) is 0 Å². The summed E-state index contributed by atoms with van der Waals surface area (Å²) < 4.78 is 1.87. The molecule has 1 aromatic carbocycles. The summed E-state index contributed by atoms with van der Waals surface area (Å²) in [7, 11) is 0. The Bertz CT molecular complexity index is 476. The summed E-state index contributed by atoms with van der Waals surface area (Å²) >= 11 is 5.82. The van der Waals surface area contributed by atoms with Crippen molar-refractivity contribution in [3.05, 3.63) is 52.3 Å². The minimum absolute atomic E-state index is 0.0342. The molecule has 0 atom stereocenters. The van der Waals surface area contributed by atoms with Gasteiger partial charge in [-0.05, 0) is 24.6 Å². The number of hydrogen-bond acceptors (Lipinski definition) is 2. The van der Waals surface area contributed by atoms with Crippen molar-refractivity contribution in [1.82, 2.24) is 9.78 Å². The van der Waals surface area contributed by atoms with Gasteiger partial charge in [0.25, 0.3) is 0 Å². The molecule has 0 aliphatic rings. The molecule has 16 heavy (non-hydrogen) atoms. The van der Waals surface area contributed by atoms with Crippen molar-refractivity contribution in [3.8, 4) is 0 Å². The Morgan fingerprint density at radius 2 is 2.00 bits per heavy atom. The highest BCUT2D eigenvalue weighted by Gasteiger charge is 2.05. The molecule has 0 unspecified atom stereocenters. The van der Waals surface area contributed by atoms with E-state index in [2.05, 4.69) is 5.10 Å². The molecule has 2 aromatic rings. The van der Waals surface area contributed by atoms with Crippen LogP contribution in [0.25, 0.3) is 0 Å². The van der Waals surface area contributed by atoms with E-state index < -0.39 is 0 Å². The van der Waals surface area contributed by atoms with Gasteiger partial charge in [-0.2, -0.15) is 5.10 Å². The van der Waals surface area contributed by atoms with E-state index in [1.165, 1.54) is 0 Å². The van der Waals surface area contributed by atoms with Crippen molar-refractivity contribution in [1.29, 1.82) is 0 Å². The number of hydrogen-bond donors (Lipinski definition) is 1. The third kappa shape index (κ3) is 2.26. The minimum atomic E-state index is 0.0342. The summed E-state index contributed by atoms with van der Waals surface area (Å²) in [4.78, 5) is 0. The zero-order valence-electron chi connectivity index (χ0n) is 9.02. The first-order valence-electron chi connectivity index (χ1n) is 5.07. The van der Waals surface area contributed by atoms with Crippen LogP contribution in [0.4, 0.5) is 0 Å². The Balaban J connectivity index is 2.20. The molecule has 84 valence electrons. The Morgan fingerprint density at radius 3 is 2.56 bits per heavy atom. The number of aliphatic hydroxyl groups excluding tert-OH is 1. The molecule has 0 fully saturated rings. The summed E-state index contributed by atoms with van der Waals surface area (Å²) in [5.41, 5.74) is 3.01. The average molecular weight is 237 g/mol. The fraction of sp³-hybridized carbons (Fsp3) is 0.250. The first kappa shape index (κ1) is 11.2. The third-order valence-corrected chi connectivity index (χ3v) is 2.87. The van der Waals surface area contributed by atoms with Crippen molar-refractivity contribution in [3.63, 3.8) is 0 Å². The average Bonchev–Trinajstić information content (AvgIpc) is 2.63. The number of aromatic nitrogens is 2. The van der Waals surface area contributed by atoms with E-state index in [1.807, 2.05) is 35.9 Å². The quantitative estimate of drug-likeness (QED) is 0.889. The zero-order chi connectivity index (χ0) is 11.5. The first-order valence-corrected chi connectivity index (χ1v) is 5.45. The Kier molecular flexibility index (Phi) is 3.27. The fourth-order valence-electron chi connectivity index (χ4n) is 1.56. The van der Waals surface area contributed by atoms with Crippen molar-refractivity contribution < 1.29 is 5.11 Å². The zero-order valence-corrected chi connectivity index (χ0v) is 9.78. The topological polar surface area (TPSA) is 38.1 Å².